The minimum absolute atomic E-state index is 0.627. The highest BCUT2D eigenvalue weighted by molar-refractivity contribution is 5.34. The molecule has 2 unspecified atom stereocenters. The molecule has 2 fully saturated rings. The number of hydrogen-bond acceptors (Lipinski definition) is 3. The molecule has 0 radical (unpaired) electrons. The molecule has 3 rings (SSSR count). The topological polar surface area (TPSA) is 44.0 Å². The number of aromatic nitrogens is 1. The second-order valence-electron chi connectivity index (χ2n) is 6.76. The average molecular weight is 286 g/mol. The van der Waals surface area contributed by atoms with Crippen molar-refractivity contribution in [3.8, 4) is 6.07 Å². The number of rotatable bonds is 3. The molecule has 4 nitrogen and oxygen atoms in total. The quantitative estimate of drug-likeness (QED) is 0.927. The van der Waals surface area contributed by atoms with Gasteiger partial charge in [0.25, 0.3) is 0 Å². The molecule has 0 saturated carbocycles. The standard InChI is InChI=1S/C17H26N4/c1-12-13(7-17(10-18)20(12)2)11-19-14-8-15-5-4-6-16(9-14)21(15)3/h7,14-16,19H,4-6,8-9,11H2,1-3H3. The van der Waals surface area contributed by atoms with Gasteiger partial charge in [0.1, 0.15) is 11.8 Å². The summed E-state index contributed by atoms with van der Waals surface area (Å²) in [6, 6.07) is 6.44. The average Bonchev–Trinajstić information content (AvgIpc) is 2.73. The molecule has 21 heavy (non-hydrogen) atoms. The summed E-state index contributed by atoms with van der Waals surface area (Å²) < 4.78 is 1.99. The number of piperidine rings is 2. The molecule has 2 aliphatic heterocycles. The van der Waals surface area contributed by atoms with Crippen LogP contribution in [-0.4, -0.2) is 34.6 Å². The second-order valence-corrected chi connectivity index (χ2v) is 6.76. The number of nitriles is 1. The van der Waals surface area contributed by atoms with Crippen LogP contribution >= 0.6 is 0 Å². The highest BCUT2D eigenvalue weighted by atomic mass is 15.2. The molecule has 0 aliphatic carbocycles. The van der Waals surface area contributed by atoms with Crippen LogP contribution in [0.4, 0.5) is 0 Å². The highest BCUT2D eigenvalue weighted by Gasteiger charge is 2.35. The van der Waals surface area contributed by atoms with E-state index in [0.29, 0.717) is 6.04 Å². The lowest BCUT2D eigenvalue weighted by molar-refractivity contribution is 0.0482. The first-order valence-electron chi connectivity index (χ1n) is 8.10. The van der Waals surface area contributed by atoms with E-state index in [1.165, 1.54) is 43.4 Å². The van der Waals surface area contributed by atoms with Gasteiger partial charge in [-0.15, -0.1) is 0 Å². The zero-order valence-electron chi connectivity index (χ0n) is 13.4. The molecule has 1 aromatic rings. The van der Waals surface area contributed by atoms with E-state index >= 15 is 0 Å². The van der Waals surface area contributed by atoms with Crippen molar-refractivity contribution in [3.63, 3.8) is 0 Å². The first-order valence-corrected chi connectivity index (χ1v) is 8.10. The van der Waals surface area contributed by atoms with E-state index in [-0.39, 0.29) is 0 Å². The molecule has 2 saturated heterocycles. The summed E-state index contributed by atoms with van der Waals surface area (Å²) in [6.45, 7) is 2.98. The van der Waals surface area contributed by atoms with E-state index < -0.39 is 0 Å². The van der Waals surface area contributed by atoms with Crippen LogP contribution < -0.4 is 5.32 Å². The second kappa shape index (κ2) is 5.82. The predicted molar refractivity (Wildman–Crippen MR) is 83.9 cm³/mol. The Morgan fingerprint density at radius 3 is 2.52 bits per heavy atom. The highest BCUT2D eigenvalue weighted by Crippen LogP contribution is 2.32. The molecule has 4 heteroatoms. The number of nitrogens with zero attached hydrogens (tertiary/aromatic N) is 3. The summed E-state index contributed by atoms with van der Waals surface area (Å²) in [5.41, 5.74) is 3.22. The van der Waals surface area contributed by atoms with E-state index in [4.69, 9.17) is 5.26 Å². The SMILES string of the molecule is Cc1c(CNC2CC3CCCC(C2)N3C)cc(C#N)n1C. The van der Waals surface area contributed by atoms with Crippen LogP contribution in [0.3, 0.4) is 0 Å². The van der Waals surface area contributed by atoms with Crippen molar-refractivity contribution in [2.75, 3.05) is 7.05 Å². The van der Waals surface area contributed by atoms with Gasteiger partial charge in [-0.3, -0.25) is 0 Å². The van der Waals surface area contributed by atoms with Crippen molar-refractivity contribution in [1.29, 1.82) is 5.26 Å². The Labute approximate surface area is 127 Å². The number of fused-ring (bicyclic) bond motifs is 2. The number of nitrogens with one attached hydrogen (secondary N) is 1. The largest absolute Gasteiger partial charge is 0.340 e. The maximum absolute atomic E-state index is 9.11. The van der Waals surface area contributed by atoms with Gasteiger partial charge in [-0.05, 0) is 51.3 Å². The normalized spacial score (nSPS) is 29.3. The molecule has 1 N–H and O–H groups in total. The fourth-order valence-corrected chi connectivity index (χ4v) is 4.09. The maximum atomic E-state index is 9.11. The first-order chi connectivity index (χ1) is 10.1. The molecule has 114 valence electrons. The summed E-state index contributed by atoms with van der Waals surface area (Å²) in [6.07, 6.45) is 6.64. The van der Waals surface area contributed by atoms with Gasteiger partial charge >= 0.3 is 0 Å². The van der Waals surface area contributed by atoms with E-state index in [9.17, 15) is 0 Å². The lowest BCUT2D eigenvalue weighted by Gasteiger charge is -2.47. The van der Waals surface area contributed by atoms with Gasteiger partial charge in [-0.25, -0.2) is 0 Å². The van der Waals surface area contributed by atoms with Gasteiger partial charge in [0.05, 0.1) is 0 Å². The van der Waals surface area contributed by atoms with Crippen LogP contribution in [0.1, 0.15) is 49.1 Å². The molecule has 0 amide bonds. The fraction of sp³-hybridized carbons (Fsp3) is 0.706. The number of hydrogen-bond donors (Lipinski definition) is 1. The molecule has 2 atom stereocenters. The van der Waals surface area contributed by atoms with E-state index in [2.05, 4.69) is 30.3 Å². The van der Waals surface area contributed by atoms with Gasteiger partial charge in [0.2, 0.25) is 0 Å². The van der Waals surface area contributed by atoms with Gasteiger partial charge < -0.3 is 14.8 Å². The van der Waals surface area contributed by atoms with Crippen LogP contribution in [0.15, 0.2) is 6.07 Å². The Hall–Kier alpha value is -1.31. The molecule has 0 aromatic carbocycles. The molecule has 2 bridgehead atoms. The molecule has 0 spiro atoms. The van der Waals surface area contributed by atoms with Gasteiger partial charge in [0.15, 0.2) is 0 Å². The minimum Gasteiger partial charge on any atom is -0.340 e. The van der Waals surface area contributed by atoms with Crippen molar-refractivity contribution in [1.82, 2.24) is 14.8 Å². The van der Waals surface area contributed by atoms with E-state index in [1.807, 2.05) is 17.7 Å². The van der Waals surface area contributed by atoms with Crippen molar-refractivity contribution in [2.45, 2.75) is 63.7 Å². The Morgan fingerprint density at radius 2 is 1.95 bits per heavy atom. The molecule has 3 heterocycles. The molecular formula is C17H26N4. The Morgan fingerprint density at radius 1 is 1.29 bits per heavy atom. The summed E-state index contributed by atoms with van der Waals surface area (Å²) in [7, 11) is 4.27. The zero-order valence-corrected chi connectivity index (χ0v) is 13.4. The summed E-state index contributed by atoms with van der Waals surface area (Å²) in [5, 5.41) is 12.9. The van der Waals surface area contributed by atoms with E-state index in [0.717, 1.165) is 24.3 Å². The van der Waals surface area contributed by atoms with Crippen LogP contribution in [0.5, 0.6) is 0 Å². The molecule has 1 aromatic heterocycles. The lowest BCUT2D eigenvalue weighted by atomic mass is 9.82. The Bertz CT molecular complexity index is 540. The van der Waals surface area contributed by atoms with Crippen LogP contribution in [0, 0.1) is 18.3 Å². The van der Waals surface area contributed by atoms with Crippen molar-refractivity contribution in [2.24, 2.45) is 7.05 Å². The Balaban J connectivity index is 1.62. The third-order valence-corrected chi connectivity index (χ3v) is 5.68. The summed E-state index contributed by atoms with van der Waals surface area (Å²) >= 11 is 0. The maximum Gasteiger partial charge on any atom is 0.120 e. The Kier molecular flexibility index (Phi) is 4.05. The summed E-state index contributed by atoms with van der Waals surface area (Å²) in [5.74, 6) is 0. The lowest BCUT2D eigenvalue weighted by Crippen LogP contribution is -2.54. The van der Waals surface area contributed by atoms with E-state index in [1.54, 1.807) is 0 Å². The van der Waals surface area contributed by atoms with Crippen molar-refractivity contribution in [3.05, 3.63) is 23.0 Å². The minimum atomic E-state index is 0.627. The van der Waals surface area contributed by atoms with Crippen molar-refractivity contribution < 1.29 is 0 Å². The van der Waals surface area contributed by atoms with Crippen LogP contribution in [-0.2, 0) is 13.6 Å². The smallest absolute Gasteiger partial charge is 0.120 e. The van der Waals surface area contributed by atoms with Gasteiger partial charge in [-0.1, -0.05) is 6.42 Å². The zero-order chi connectivity index (χ0) is 15.0. The van der Waals surface area contributed by atoms with Crippen molar-refractivity contribution >= 4 is 0 Å². The molecule has 2 aliphatic rings. The van der Waals surface area contributed by atoms with Gasteiger partial charge in [0, 0.05) is 37.4 Å². The predicted octanol–water partition coefficient (Wildman–Crippen LogP) is 2.31. The fourth-order valence-electron chi connectivity index (χ4n) is 4.09. The van der Waals surface area contributed by atoms with Crippen LogP contribution in [0.25, 0.3) is 0 Å². The summed E-state index contributed by atoms with van der Waals surface area (Å²) in [4.78, 5) is 2.60. The van der Waals surface area contributed by atoms with Gasteiger partial charge in [-0.2, -0.15) is 5.26 Å². The third-order valence-electron chi connectivity index (χ3n) is 5.68. The first kappa shape index (κ1) is 14.6. The van der Waals surface area contributed by atoms with Crippen LogP contribution in [0.2, 0.25) is 0 Å². The molecular weight excluding hydrogens is 260 g/mol. The third kappa shape index (κ3) is 2.73. The monoisotopic (exact) mass is 286 g/mol.